The standard InChI is InChI=1S/C23H30ClN7O2S/c24-18-15-16(5-4-10-31-11-13-34(32,33)14-12-31)8-9-19(18)28-23-29-21(26)20(25)22(30-23)27-17-6-2-1-3-7-17/h8-9,15,17H,1-3,6-7,10-14,25H2,(H4,26,27,28,29,30). The molecule has 34 heavy (non-hydrogen) atoms. The van der Waals surface area contributed by atoms with E-state index in [1.54, 1.807) is 6.07 Å². The smallest absolute Gasteiger partial charge is 0.231 e. The first-order valence-corrected chi connectivity index (χ1v) is 13.7. The molecule has 0 atom stereocenters. The van der Waals surface area contributed by atoms with E-state index in [-0.39, 0.29) is 17.3 Å². The maximum atomic E-state index is 11.5. The second-order valence-electron chi connectivity index (χ2n) is 8.72. The Morgan fingerprint density at radius 1 is 1.12 bits per heavy atom. The van der Waals surface area contributed by atoms with E-state index in [1.807, 2.05) is 17.0 Å². The van der Waals surface area contributed by atoms with Crippen LogP contribution in [0.15, 0.2) is 18.2 Å². The van der Waals surface area contributed by atoms with Gasteiger partial charge >= 0.3 is 0 Å². The van der Waals surface area contributed by atoms with E-state index in [0.717, 1.165) is 18.4 Å². The summed E-state index contributed by atoms with van der Waals surface area (Å²) in [5, 5.41) is 7.00. The molecule has 11 heteroatoms. The second kappa shape index (κ2) is 10.7. The molecule has 0 spiro atoms. The molecule has 2 aromatic rings. The Balaban J connectivity index is 1.41. The lowest BCUT2D eigenvalue weighted by Gasteiger charge is -2.24. The van der Waals surface area contributed by atoms with Crippen molar-refractivity contribution in [3.05, 3.63) is 28.8 Å². The van der Waals surface area contributed by atoms with Crippen molar-refractivity contribution >= 4 is 50.4 Å². The second-order valence-corrected chi connectivity index (χ2v) is 11.4. The van der Waals surface area contributed by atoms with Gasteiger partial charge in [0.05, 0.1) is 28.8 Å². The number of anilines is 5. The van der Waals surface area contributed by atoms with Crippen molar-refractivity contribution in [2.45, 2.75) is 38.1 Å². The maximum Gasteiger partial charge on any atom is 0.231 e. The molecule has 4 rings (SSSR count). The number of sulfone groups is 1. The summed E-state index contributed by atoms with van der Waals surface area (Å²) >= 11 is 6.47. The number of benzene rings is 1. The SMILES string of the molecule is Nc1nc(Nc2ccc(C#CCN3CCS(=O)(=O)CC3)cc2Cl)nc(NC2CCCCC2)c1N. The van der Waals surface area contributed by atoms with Crippen LogP contribution in [0.5, 0.6) is 0 Å². The highest BCUT2D eigenvalue weighted by molar-refractivity contribution is 7.91. The Labute approximate surface area is 205 Å². The monoisotopic (exact) mass is 503 g/mol. The predicted octanol–water partition coefficient (Wildman–Crippen LogP) is 2.86. The van der Waals surface area contributed by atoms with E-state index in [1.165, 1.54) is 19.3 Å². The van der Waals surface area contributed by atoms with Crippen molar-refractivity contribution in [2.75, 3.05) is 53.2 Å². The first-order valence-electron chi connectivity index (χ1n) is 11.5. The molecule has 182 valence electrons. The van der Waals surface area contributed by atoms with Crippen LogP contribution in [0.4, 0.5) is 29.0 Å². The molecule has 0 radical (unpaired) electrons. The van der Waals surface area contributed by atoms with E-state index in [4.69, 9.17) is 23.1 Å². The number of nitrogens with two attached hydrogens (primary N) is 2. The number of nitrogen functional groups attached to an aromatic ring is 2. The van der Waals surface area contributed by atoms with Gasteiger partial charge in [-0.15, -0.1) is 0 Å². The summed E-state index contributed by atoms with van der Waals surface area (Å²) in [6.07, 6.45) is 5.80. The molecule has 0 amide bonds. The van der Waals surface area contributed by atoms with Crippen molar-refractivity contribution in [2.24, 2.45) is 0 Å². The van der Waals surface area contributed by atoms with Crippen molar-refractivity contribution in [3.8, 4) is 11.8 Å². The van der Waals surface area contributed by atoms with Gasteiger partial charge in [-0.25, -0.2) is 8.42 Å². The number of halogens is 1. The average Bonchev–Trinajstić information content (AvgIpc) is 2.81. The van der Waals surface area contributed by atoms with Crippen LogP contribution >= 0.6 is 11.6 Å². The van der Waals surface area contributed by atoms with Crippen LogP contribution in [-0.4, -0.2) is 60.5 Å². The fraction of sp³-hybridized carbons (Fsp3) is 0.478. The van der Waals surface area contributed by atoms with Gasteiger partial charge in [-0.2, -0.15) is 9.97 Å². The third-order valence-corrected chi connectivity index (χ3v) is 8.03. The molecule has 2 aliphatic rings. The number of nitrogens with zero attached hydrogens (tertiary/aromatic N) is 3. The summed E-state index contributed by atoms with van der Waals surface area (Å²) in [6.45, 7) is 1.55. The summed E-state index contributed by atoms with van der Waals surface area (Å²) in [7, 11) is -2.89. The van der Waals surface area contributed by atoms with E-state index >= 15 is 0 Å². The normalized spacial score (nSPS) is 18.6. The number of aromatic nitrogens is 2. The maximum absolute atomic E-state index is 11.5. The van der Waals surface area contributed by atoms with Gasteiger partial charge in [-0.1, -0.05) is 42.7 Å². The molecule has 1 aliphatic heterocycles. The highest BCUT2D eigenvalue weighted by Crippen LogP contribution is 2.30. The number of nitrogens with one attached hydrogen (secondary N) is 2. The topological polar surface area (TPSA) is 139 Å². The predicted molar refractivity (Wildman–Crippen MR) is 138 cm³/mol. The lowest BCUT2D eigenvalue weighted by Crippen LogP contribution is -2.40. The zero-order valence-electron chi connectivity index (χ0n) is 19.0. The zero-order valence-corrected chi connectivity index (χ0v) is 20.6. The Morgan fingerprint density at radius 2 is 1.85 bits per heavy atom. The largest absolute Gasteiger partial charge is 0.393 e. The van der Waals surface area contributed by atoms with Crippen LogP contribution in [0.3, 0.4) is 0 Å². The van der Waals surface area contributed by atoms with Crippen LogP contribution in [-0.2, 0) is 9.84 Å². The molecule has 0 bridgehead atoms. The first kappa shape index (κ1) is 24.4. The molecule has 1 aliphatic carbocycles. The van der Waals surface area contributed by atoms with Gasteiger partial charge in [0, 0.05) is 24.7 Å². The summed E-state index contributed by atoms with van der Waals surface area (Å²) in [5.41, 5.74) is 13.9. The van der Waals surface area contributed by atoms with Gasteiger partial charge in [-0.3, -0.25) is 4.90 Å². The van der Waals surface area contributed by atoms with Crippen LogP contribution in [0.2, 0.25) is 5.02 Å². The Hall–Kier alpha value is -2.74. The lowest BCUT2D eigenvalue weighted by atomic mass is 9.95. The van der Waals surface area contributed by atoms with E-state index in [9.17, 15) is 8.42 Å². The summed E-state index contributed by atoms with van der Waals surface area (Å²) < 4.78 is 23.1. The minimum absolute atomic E-state index is 0.191. The van der Waals surface area contributed by atoms with Gasteiger partial charge in [0.2, 0.25) is 5.95 Å². The Morgan fingerprint density at radius 3 is 2.56 bits per heavy atom. The Kier molecular flexibility index (Phi) is 7.66. The fourth-order valence-electron chi connectivity index (χ4n) is 4.07. The average molecular weight is 504 g/mol. The van der Waals surface area contributed by atoms with E-state index in [2.05, 4.69) is 32.4 Å². The number of hydrogen-bond donors (Lipinski definition) is 4. The number of rotatable bonds is 5. The molecular formula is C23H30ClN7O2S. The molecule has 6 N–H and O–H groups in total. The van der Waals surface area contributed by atoms with E-state index in [0.29, 0.717) is 53.8 Å². The lowest BCUT2D eigenvalue weighted by molar-refractivity contribution is 0.332. The van der Waals surface area contributed by atoms with Crippen LogP contribution in [0, 0.1) is 11.8 Å². The molecular weight excluding hydrogens is 474 g/mol. The highest BCUT2D eigenvalue weighted by Gasteiger charge is 2.20. The van der Waals surface area contributed by atoms with Crippen molar-refractivity contribution in [1.82, 2.24) is 14.9 Å². The highest BCUT2D eigenvalue weighted by atomic mass is 35.5. The van der Waals surface area contributed by atoms with Gasteiger partial charge in [0.25, 0.3) is 0 Å². The van der Waals surface area contributed by atoms with Gasteiger partial charge in [-0.05, 0) is 31.0 Å². The van der Waals surface area contributed by atoms with Crippen molar-refractivity contribution in [3.63, 3.8) is 0 Å². The van der Waals surface area contributed by atoms with Crippen LogP contribution < -0.4 is 22.1 Å². The molecule has 0 unspecified atom stereocenters. The molecule has 1 saturated heterocycles. The van der Waals surface area contributed by atoms with Crippen molar-refractivity contribution in [1.29, 1.82) is 0 Å². The third-order valence-electron chi connectivity index (χ3n) is 6.11. The number of hydrogen-bond acceptors (Lipinski definition) is 9. The molecule has 2 heterocycles. The zero-order chi connectivity index (χ0) is 24.1. The summed E-state index contributed by atoms with van der Waals surface area (Å²) in [6, 6.07) is 5.75. The molecule has 1 saturated carbocycles. The minimum atomic E-state index is -2.89. The molecule has 1 aromatic heterocycles. The van der Waals surface area contributed by atoms with Crippen molar-refractivity contribution < 1.29 is 8.42 Å². The fourth-order valence-corrected chi connectivity index (χ4v) is 5.57. The molecule has 2 fully saturated rings. The third kappa shape index (κ3) is 6.44. The molecule has 9 nitrogen and oxygen atoms in total. The quantitative estimate of drug-likeness (QED) is 0.453. The van der Waals surface area contributed by atoms with Gasteiger partial charge < -0.3 is 22.1 Å². The Bertz CT molecular complexity index is 1190. The summed E-state index contributed by atoms with van der Waals surface area (Å²) in [4.78, 5) is 10.8. The van der Waals surface area contributed by atoms with Gasteiger partial charge in [0.15, 0.2) is 21.5 Å². The minimum Gasteiger partial charge on any atom is -0.393 e. The van der Waals surface area contributed by atoms with Crippen LogP contribution in [0.1, 0.15) is 37.7 Å². The van der Waals surface area contributed by atoms with E-state index < -0.39 is 9.84 Å². The van der Waals surface area contributed by atoms with Gasteiger partial charge in [0.1, 0.15) is 5.69 Å². The first-order chi connectivity index (χ1) is 16.3. The summed E-state index contributed by atoms with van der Waals surface area (Å²) in [5.74, 6) is 7.61. The molecule has 1 aromatic carbocycles. The van der Waals surface area contributed by atoms with Crippen LogP contribution in [0.25, 0.3) is 0 Å².